The quantitative estimate of drug-likeness (QED) is 0.515. The van der Waals surface area contributed by atoms with Gasteiger partial charge in [-0.05, 0) is 37.3 Å². The molecular formula is C23H20Cl2N6O2. The first-order valence-corrected chi connectivity index (χ1v) is 11.0. The minimum atomic E-state index is -0.0550. The van der Waals surface area contributed by atoms with Crippen molar-refractivity contribution < 1.29 is 9.59 Å². The highest BCUT2D eigenvalue weighted by atomic mass is 35.5. The van der Waals surface area contributed by atoms with E-state index in [1.165, 1.54) is 6.20 Å². The summed E-state index contributed by atoms with van der Waals surface area (Å²) in [5.74, 6) is -0.0550. The predicted molar refractivity (Wildman–Crippen MR) is 126 cm³/mol. The van der Waals surface area contributed by atoms with E-state index in [1.54, 1.807) is 33.8 Å². The van der Waals surface area contributed by atoms with Crippen LogP contribution in [0.5, 0.6) is 0 Å². The van der Waals surface area contributed by atoms with E-state index in [0.717, 1.165) is 12.0 Å². The van der Waals surface area contributed by atoms with Crippen LogP contribution in [-0.2, 0) is 11.3 Å². The smallest absolute Gasteiger partial charge is 0.244 e. The molecule has 4 rings (SSSR count). The van der Waals surface area contributed by atoms with Crippen molar-refractivity contribution in [1.29, 1.82) is 5.26 Å². The molecule has 0 radical (unpaired) electrons. The molecule has 0 N–H and O–H groups in total. The molecule has 0 unspecified atom stereocenters. The normalized spacial score (nSPS) is 13.6. The molecule has 3 heterocycles. The number of nitriles is 1. The summed E-state index contributed by atoms with van der Waals surface area (Å²) < 4.78 is 1.59. The van der Waals surface area contributed by atoms with Gasteiger partial charge in [-0.15, -0.1) is 0 Å². The Bertz CT molecular complexity index is 1260. The summed E-state index contributed by atoms with van der Waals surface area (Å²) in [6.45, 7) is 4.26. The van der Waals surface area contributed by atoms with Crippen LogP contribution < -0.4 is 4.90 Å². The fraction of sp³-hybridized carbons (Fsp3) is 0.261. The Labute approximate surface area is 200 Å². The molecule has 0 spiro atoms. The Hall–Kier alpha value is -3.41. The molecule has 0 saturated carbocycles. The number of amides is 1. The lowest BCUT2D eigenvalue weighted by Crippen LogP contribution is -2.49. The number of aromatic nitrogens is 3. The zero-order valence-electron chi connectivity index (χ0n) is 17.8. The fourth-order valence-electron chi connectivity index (χ4n) is 3.76. The topological polar surface area (TPSA) is 95.1 Å². The lowest BCUT2D eigenvalue weighted by atomic mass is 10.1. The van der Waals surface area contributed by atoms with Gasteiger partial charge in [0, 0.05) is 49.2 Å². The van der Waals surface area contributed by atoms with E-state index in [2.05, 4.69) is 15.0 Å². The molecule has 0 bridgehead atoms. The summed E-state index contributed by atoms with van der Waals surface area (Å²) in [6, 6.07) is 10.7. The number of anilines is 1. The number of carbonyl (C=O) groups is 2. The lowest BCUT2D eigenvalue weighted by molar-refractivity contribution is -0.132. The number of halogens is 2. The van der Waals surface area contributed by atoms with Crippen LogP contribution in [0.2, 0.25) is 10.0 Å². The van der Waals surface area contributed by atoms with E-state index >= 15 is 0 Å². The van der Waals surface area contributed by atoms with E-state index in [9.17, 15) is 9.59 Å². The van der Waals surface area contributed by atoms with Crippen LogP contribution >= 0.6 is 23.2 Å². The molecule has 168 valence electrons. The van der Waals surface area contributed by atoms with Crippen molar-refractivity contribution in [3.8, 4) is 17.3 Å². The maximum Gasteiger partial charge on any atom is 0.244 e. The molecule has 10 heteroatoms. The first kappa shape index (κ1) is 22.8. The molecule has 0 aliphatic carbocycles. The molecule has 1 amide bonds. The SMILES string of the molecule is Cc1c(Cl)c(-c2ccnc(C#N)c2)nn1CC(=O)N1CCN(c2ccc(Cl)c(C=O)c2)CC1. The molecule has 0 atom stereocenters. The second-order valence-corrected chi connectivity index (χ2v) is 8.42. The molecule has 1 aliphatic rings. The van der Waals surface area contributed by atoms with Crippen LogP contribution in [0.4, 0.5) is 5.69 Å². The summed E-state index contributed by atoms with van der Waals surface area (Å²) in [5, 5.41) is 14.5. The Kier molecular flexibility index (Phi) is 6.63. The maximum atomic E-state index is 13.0. The number of piperazine rings is 1. The predicted octanol–water partition coefficient (Wildman–Crippen LogP) is 3.59. The van der Waals surface area contributed by atoms with Gasteiger partial charge in [0.15, 0.2) is 6.29 Å². The van der Waals surface area contributed by atoms with Crippen molar-refractivity contribution in [3.05, 3.63) is 63.5 Å². The highest BCUT2D eigenvalue weighted by Gasteiger charge is 2.24. The first-order chi connectivity index (χ1) is 15.9. The minimum absolute atomic E-state index is 0.0550. The zero-order valence-corrected chi connectivity index (χ0v) is 19.3. The maximum absolute atomic E-state index is 13.0. The number of pyridine rings is 1. The van der Waals surface area contributed by atoms with Gasteiger partial charge in [-0.1, -0.05) is 23.2 Å². The average Bonchev–Trinajstić information content (AvgIpc) is 3.13. The summed E-state index contributed by atoms with van der Waals surface area (Å²) in [4.78, 5) is 32.0. The summed E-state index contributed by atoms with van der Waals surface area (Å²) in [6.07, 6.45) is 2.27. The van der Waals surface area contributed by atoms with Crippen LogP contribution in [0.25, 0.3) is 11.3 Å². The van der Waals surface area contributed by atoms with Gasteiger partial charge >= 0.3 is 0 Å². The second kappa shape index (κ2) is 9.61. The molecule has 1 aromatic carbocycles. The lowest BCUT2D eigenvalue weighted by Gasteiger charge is -2.36. The van der Waals surface area contributed by atoms with Crippen molar-refractivity contribution in [3.63, 3.8) is 0 Å². The monoisotopic (exact) mass is 482 g/mol. The first-order valence-electron chi connectivity index (χ1n) is 10.3. The number of nitrogens with zero attached hydrogens (tertiary/aromatic N) is 6. The molecular weight excluding hydrogens is 463 g/mol. The Morgan fingerprint density at radius 1 is 1.18 bits per heavy atom. The van der Waals surface area contributed by atoms with Crippen molar-refractivity contribution in [2.75, 3.05) is 31.1 Å². The average molecular weight is 483 g/mol. The molecule has 2 aromatic heterocycles. The van der Waals surface area contributed by atoms with Crippen molar-refractivity contribution >= 4 is 41.1 Å². The highest BCUT2D eigenvalue weighted by molar-refractivity contribution is 6.33. The number of rotatable bonds is 5. The summed E-state index contributed by atoms with van der Waals surface area (Å²) >= 11 is 12.5. The second-order valence-electron chi connectivity index (χ2n) is 7.64. The van der Waals surface area contributed by atoms with Gasteiger partial charge in [-0.3, -0.25) is 14.3 Å². The molecule has 8 nitrogen and oxygen atoms in total. The van der Waals surface area contributed by atoms with E-state index in [0.29, 0.717) is 58.7 Å². The molecule has 3 aromatic rings. The van der Waals surface area contributed by atoms with Gasteiger partial charge in [-0.25, -0.2) is 4.98 Å². The van der Waals surface area contributed by atoms with E-state index < -0.39 is 0 Å². The van der Waals surface area contributed by atoms with Crippen LogP contribution in [0.15, 0.2) is 36.5 Å². The summed E-state index contributed by atoms with van der Waals surface area (Å²) in [5.41, 5.74) is 3.49. The molecule has 1 aliphatic heterocycles. The largest absolute Gasteiger partial charge is 0.368 e. The zero-order chi connectivity index (χ0) is 23.5. The molecule has 1 fully saturated rings. The number of aldehydes is 1. The Morgan fingerprint density at radius 2 is 1.94 bits per heavy atom. The van der Waals surface area contributed by atoms with Gasteiger partial charge in [0.25, 0.3) is 0 Å². The number of hydrogen-bond acceptors (Lipinski definition) is 6. The van der Waals surface area contributed by atoms with Crippen molar-refractivity contribution in [1.82, 2.24) is 19.7 Å². The van der Waals surface area contributed by atoms with Gasteiger partial charge in [0.1, 0.15) is 24.0 Å². The van der Waals surface area contributed by atoms with Crippen LogP contribution in [0, 0.1) is 18.3 Å². The van der Waals surface area contributed by atoms with Crippen LogP contribution in [-0.4, -0.2) is 58.0 Å². The van der Waals surface area contributed by atoms with Crippen molar-refractivity contribution in [2.24, 2.45) is 0 Å². The minimum Gasteiger partial charge on any atom is -0.368 e. The third kappa shape index (κ3) is 4.70. The van der Waals surface area contributed by atoms with Crippen LogP contribution in [0.3, 0.4) is 0 Å². The summed E-state index contributed by atoms with van der Waals surface area (Å²) in [7, 11) is 0. The van der Waals surface area contributed by atoms with Crippen LogP contribution in [0.1, 0.15) is 21.7 Å². The Balaban J connectivity index is 1.43. The third-order valence-electron chi connectivity index (χ3n) is 5.67. The number of carbonyl (C=O) groups excluding carboxylic acids is 2. The van der Waals surface area contributed by atoms with E-state index in [1.807, 2.05) is 19.1 Å². The van der Waals surface area contributed by atoms with Gasteiger partial charge < -0.3 is 9.80 Å². The van der Waals surface area contributed by atoms with Gasteiger partial charge in [-0.2, -0.15) is 10.4 Å². The van der Waals surface area contributed by atoms with Crippen molar-refractivity contribution in [2.45, 2.75) is 13.5 Å². The highest BCUT2D eigenvalue weighted by Crippen LogP contribution is 2.30. The fourth-order valence-corrected chi connectivity index (χ4v) is 4.17. The van der Waals surface area contributed by atoms with E-state index in [-0.39, 0.29) is 18.1 Å². The Morgan fingerprint density at radius 3 is 2.64 bits per heavy atom. The van der Waals surface area contributed by atoms with Gasteiger partial charge in [0.05, 0.1) is 15.7 Å². The standard InChI is InChI=1S/C23H20Cl2N6O2/c1-15-22(25)23(16-4-5-27-18(10-16)12-26)28-31(15)13-21(33)30-8-6-29(7-9-30)19-2-3-20(24)17(11-19)14-32/h2-5,10-11,14H,6-9,13H2,1H3. The third-order valence-corrected chi connectivity index (χ3v) is 6.47. The van der Waals surface area contributed by atoms with E-state index in [4.69, 9.17) is 28.5 Å². The molecule has 33 heavy (non-hydrogen) atoms. The van der Waals surface area contributed by atoms with Gasteiger partial charge in [0.2, 0.25) is 5.91 Å². The molecule has 1 saturated heterocycles. The number of hydrogen-bond donors (Lipinski definition) is 0. The number of benzene rings is 1.